The van der Waals surface area contributed by atoms with Gasteiger partial charge in [0, 0.05) is 6.42 Å². The van der Waals surface area contributed by atoms with E-state index in [4.69, 9.17) is 28.4 Å². The molecule has 3 aliphatic rings. The molecular weight excluding hydrogens is 1140 g/mol. The quantitative estimate of drug-likeness (QED) is 0.0199. The van der Waals surface area contributed by atoms with Crippen LogP contribution in [0.25, 0.3) is 0 Å². The van der Waals surface area contributed by atoms with Crippen LogP contribution in [0.4, 0.5) is 0 Å². The van der Waals surface area contributed by atoms with Crippen molar-refractivity contribution in [2.45, 2.75) is 362 Å². The summed E-state index contributed by atoms with van der Waals surface area (Å²) in [5.74, 6) is -0.285. The number of rotatable bonds is 54. The number of aliphatic hydroxyl groups is 11. The fraction of sp³-hybridized carbons (Fsp3) is 0.871. The number of allylic oxidation sites excluding steroid dienone is 7. The highest BCUT2D eigenvalue weighted by molar-refractivity contribution is 5.76. The molecule has 89 heavy (non-hydrogen) atoms. The molecular formula is C70H127NO18. The van der Waals surface area contributed by atoms with Gasteiger partial charge in [0.15, 0.2) is 18.9 Å². The van der Waals surface area contributed by atoms with E-state index >= 15 is 0 Å². The monoisotopic (exact) mass is 1270 g/mol. The molecule has 0 radical (unpaired) electrons. The maximum Gasteiger partial charge on any atom is 0.220 e. The Morgan fingerprint density at radius 3 is 1.19 bits per heavy atom. The van der Waals surface area contributed by atoms with Gasteiger partial charge in [0.25, 0.3) is 0 Å². The number of amides is 1. The molecule has 3 heterocycles. The summed E-state index contributed by atoms with van der Waals surface area (Å²) in [6.45, 7) is 1.72. The second-order valence-electron chi connectivity index (χ2n) is 25.3. The van der Waals surface area contributed by atoms with E-state index in [1.807, 2.05) is 6.08 Å². The average molecular weight is 1270 g/mol. The summed E-state index contributed by atoms with van der Waals surface area (Å²) in [7, 11) is 0. The van der Waals surface area contributed by atoms with Crippen molar-refractivity contribution >= 4 is 5.91 Å². The van der Waals surface area contributed by atoms with Gasteiger partial charge in [0.1, 0.15) is 73.2 Å². The Morgan fingerprint density at radius 2 is 0.753 bits per heavy atom. The zero-order valence-electron chi connectivity index (χ0n) is 54.9. The van der Waals surface area contributed by atoms with Crippen LogP contribution in [0.5, 0.6) is 0 Å². The highest BCUT2D eigenvalue weighted by Crippen LogP contribution is 2.33. The van der Waals surface area contributed by atoms with Gasteiger partial charge >= 0.3 is 0 Å². The van der Waals surface area contributed by atoms with Crippen LogP contribution in [0.1, 0.15) is 258 Å². The second-order valence-corrected chi connectivity index (χ2v) is 25.3. The Morgan fingerprint density at radius 1 is 0.404 bits per heavy atom. The Balaban J connectivity index is 1.44. The molecule has 19 heteroatoms. The Bertz CT molecular complexity index is 1800. The Hall–Kier alpha value is -2.25. The van der Waals surface area contributed by atoms with Gasteiger partial charge < -0.3 is 89.9 Å². The van der Waals surface area contributed by atoms with E-state index in [0.717, 1.165) is 44.9 Å². The average Bonchev–Trinajstić information content (AvgIpc) is 2.44. The molecule has 0 aromatic carbocycles. The maximum atomic E-state index is 13.4. The number of aliphatic hydroxyl groups excluding tert-OH is 11. The number of hydrogen-bond acceptors (Lipinski definition) is 18. The lowest BCUT2D eigenvalue weighted by atomic mass is 9.96. The van der Waals surface area contributed by atoms with Crippen molar-refractivity contribution in [1.82, 2.24) is 5.32 Å². The summed E-state index contributed by atoms with van der Waals surface area (Å²) in [5.41, 5.74) is 0. The van der Waals surface area contributed by atoms with Gasteiger partial charge in [0.05, 0.1) is 38.6 Å². The predicted molar refractivity (Wildman–Crippen MR) is 346 cm³/mol. The van der Waals surface area contributed by atoms with Gasteiger partial charge in [-0.2, -0.15) is 0 Å². The van der Waals surface area contributed by atoms with Crippen molar-refractivity contribution in [3.8, 4) is 0 Å². The first kappa shape index (κ1) is 81.0. The summed E-state index contributed by atoms with van der Waals surface area (Å²) >= 11 is 0. The van der Waals surface area contributed by atoms with Crippen LogP contribution in [-0.2, 0) is 33.2 Å². The first-order valence-corrected chi connectivity index (χ1v) is 35.4. The number of unbranched alkanes of at least 4 members (excludes halogenated alkanes) is 32. The molecule has 1 amide bonds. The molecule has 17 unspecified atom stereocenters. The van der Waals surface area contributed by atoms with Crippen molar-refractivity contribution in [3.63, 3.8) is 0 Å². The molecule has 12 N–H and O–H groups in total. The second kappa shape index (κ2) is 52.1. The minimum Gasteiger partial charge on any atom is -0.394 e. The topological polar surface area (TPSA) is 307 Å². The molecule has 0 spiro atoms. The highest BCUT2D eigenvalue weighted by atomic mass is 16.8. The van der Waals surface area contributed by atoms with Crippen LogP contribution in [0.15, 0.2) is 48.6 Å². The zero-order valence-corrected chi connectivity index (χ0v) is 54.9. The SMILES string of the molecule is CCCCCCC/C=C\C/C=C\CCCCCCCCCCCCCCCC(=O)NC(COC1OC(CO)C(OC2OC(CO)C(OC3OC(CO)C(O)C(O)C3O)C(O)C2O)C(O)C1O)C(O)/C=C/CC/C=C/CCCCCCCCCCCCCCC. The summed E-state index contributed by atoms with van der Waals surface area (Å²) in [4.78, 5) is 13.4. The van der Waals surface area contributed by atoms with Crippen molar-refractivity contribution in [2.24, 2.45) is 0 Å². The molecule has 0 aromatic heterocycles. The van der Waals surface area contributed by atoms with Gasteiger partial charge in [0.2, 0.25) is 5.91 Å². The van der Waals surface area contributed by atoms with Crippen LogP contribution in [-0.4, -0.2) is 193 Å². The van der Waals surface area contributed by atoms with Gasteiger partial charge in [-0.15, -0.1) is 0 Å². The minimum absolute atomic E-state index is 0.234. The predicted octanol–water partition coefficient (Wildman–Crippen LogP) is 9.39. The van der Waals surface area contributed by atoms with E-state index < -0.39 is 124 Å². The first-order chi connectivity index (χ1) is 43.3. The van der Waals surface area contributed by atoms with Crippen LogP contribution in [0.2, 0.25) is 0 Å². The standard InChI is InChI=1S/C70H127NO18/c1-3-5-7-9-11-13-15-17-19-21-23-24-25-26-27-28-30-32-34-36-38-40-42-44-46-48-58(76)71-53(54(75)47-45-43-41-39-37-35-33-31-29-22-20-18-16-14-12-10-8-6-4-2)52-84-68-64(82)61(79)66(56(50-73)86-68)89-70-65(83)62(80)67(57(51-74)87-70)88-69-63(81)60(78)59(77)55(49-72)85-69/h15,17,21,23,37,39,45,47,53-57,59-70,72-75,77-83H,3-14,16,18-20,22,24-36,38,40-44,46,48-52H2,1-2H3,(H,71,76)/b17-15-,23-21-,39-37+,47-45+. The number of hydrogen-bond donors (Lipinski definition) is 12. The lowest BCUT2D eigenvalue weighted by Crippen LogP contribution is -2.66. The smallest absolute Gasteiger partial charge is 0.220 e. The summed E-state index contributed by atoms with van der Waals surface area (Å²) in [5, 5.41) is 121. The summed E-state index contributed by atoms with van der Waals surface area (Å²) < 4.78 is 34.3. The number of ether oxygens (including phenoxy) is 6. The summed E-state index contributed by atoms with van der Waals surface area (Å²) in [6.07, 6.45) is 35.1. The van der Waals surface area contributed by atoms with E-state index in [1.54, 1.807) is 6.08 Å². The van der Waals surface area contributed by atoms with Crippen LogP contribution < -0.4 is 5.32 Å². The molecule has 520 valence electrons. The minimum atomic E-state index is -1.98. The van der Waals surface area contributed by atoms with Crippen molar-refractivity contribution < 1.29 is 89.4 Å². The van der Waals surface area contributed by atoms with E-state index in [0.29, 0.717) is 12.8 Å². The molecule has 0 aromatic rings. The molecule has 17 atom stereocenters. The van der Waals surface area contributed by atoms with E-state index in [1.165, 1.54) is 180 Å². The molecule has 3 rings (SSSR count). The van der Waals surface area contributed by atoms with Crippen LogP contribution in [0, 0.1) is 0 Å². The molecule has 0 aliphatic carbocycles. The third-order valence-electron chi connectivity index (χ3n) is 17.6. The van der Waals surface area contributed by atoms with Gasteiger partial charge in [-0.1, -0.05) is 236 Å². The first-order valence-electron chi connectivity index (χ1n) is 35.4. The third-order valence-corrected chi connectivity index (χ3v) is 17.6. The van der Waals surface area contributed by atoms with E-state index in [-0.39, 0.29) is 18.9 Å². The summed E-state index contributed by atoms with van der Waals surface area (Å²) in [6, 6.07) is -0.991. The molecule has 0 bridgehead atoms. The maximum absolute atomic E-state index is 13.4. The largest absolute Gasteiger partial charge is 0.394 e. The Kier molecular flexibility index (Phi) is 47.4. The number of carbonyl (C=O) groups is 1. The molecule has 3 aliphatic heterocycles. The number of nitrogens with one attached hydrogen (secondary N) is 1. The van der Waals surface area contributed by atoms with Crippen molar-refractivity contribution in [3.05, 3.63) is 48.6 Å². The fourth-order valence-corrected chi connectivity index (χ4v) is 11.8. The molecule has 3 saturated heterocycles. The van der Waals surface area contributed by atoms with Crippen molar-refractivity contribution in [1.29, 1.82) is 0 Å². The zero-order chi connectivity index (χ0) is 64.7. The van der Waals surface area contributed by atoms with Crippen LogP contribution >= 0.6 is 0 Å². The van der Waals surface area contributed by atoms with Crippen molar-refractivity contribution in [2.75, 3.05) is 26.4 Å². The molecule has 0 saturated carbocycles. The third kappa shape index (κ3) is 34.1. The number of carbonyl (C=O) groups excluding carboxylic acids is 1. The molecule has 3 fully saturated rings. The van der Waals surface area contributed by atoms with Crippen LogP contribution in [0.3, 0.4) is 0 Å². The lowest BCUT2D eigenvalue weighted by molar-refractivity contribution is -0.379. The van der Waals surface area contributed by atoms with Gasteiger partial charge in [-0.25, -0.2) is 0 Å². The van der Waals surface area contributed by atoms with E-state index in [2.05, 4.69) is 55.6 Å². The lowest BCUT2D eigenvalue weighted by Gasteiger charge is -2.48. The molecule has 19 nitrogen and oxygen atoms in total. The van der Waals surface area contributed by atoms with E-state index in [9.17, 15) is 61.0 Å². The Labute approximate surface area is 535 Å². The van der Waals surface area contributed by atoms with Gasteiger partial charge in [-0.3, -0.25) is 4.79 Å². The van der Waals surface area contributed by atoms with Gasteiger partial charge in [-0.05, 0) is 64.2 Å². The highest BCUT2D eigenvalue weighted by Gasteiger charge is 2.53. The normalized spacial score (nSPS) is 28.5. The fourth-order valence-electron chi connectivity index (χ4n) is 11.8.